The van der Waals surface area contributed by atoms with Crippen molar-refractivity contribution in [1.82, 2.24) is 5.32 Å². The van der Waals surface area contributed by atoms with Gasteiger partial charge in [0, 0.05) is 19.3 Å². The van der Waals surface area contributed by atoms with E-state index in [-0.39, 0.29) is 0 Å². The van der Waals surface area contributed by atoms with Crippen LogP contribution in [0.1, 0.15) is 31.4 Å². The van der Waals surface area contributed by atoms with E-state index in [1.807, 2.05) is 6.07 Å². The number of ether oxygens (including phenoxy) is 2. The van der Waals surface area contributed by atoms with Gasteiger partial charge in [-0.3, -0.25) is 0 Å². The summed E-state index contributed by atoms with van der Waals surface area (Å²) in [5, 5.41) is 3.62. The van der Waals surface area contributed by atoms with Crippen LogP contribution in [-0.2, 0) is 4.74 Å². The first-order chi connectivity index (χ1) is 9.20. The first-order valence-electron chi connectivity index (χ1n) is 6.85. The maximum Gasteiger partial charge on any atom is 0.133 e. The first-order valence-corrected chi connectivity index (χ1v) is 7.64. The molecule has 1 saturated heterocycles. The maximum atomic E-state index is 5.38. The van der Waals surface area contributed by atoms with Crippen LogP contribution in [0.25, 0.3) is 0 Å². The minimum Gasteiger partial charge on any atom is -0.496 e. The number of halogens is 1. The van der Waals surface area contributed by atoms with Crippen LogP contribution in [0.3, 0.4) is 0 Å². The SMILES string of the molecule is COc1ccc(C(C)NCC2CCOCC2)cc1Br. The summed E-state index contributed by atoms with van der Waals surface area (Å²) in [4.78, 5) is 0. The van der Waals surface area contributed by atoms with Crippen molar-refractivity contribution in [2.75, 3.05) is 26.9 Å². The first kappa shape index (κ1) is 14.8. The van der Waals surface area contributed by atoms with Gasteiger partial charge < -0.3 is 14.8 Å². The highest BCUT2D eigenvalue weighted by Gasteiger charge is 2.15. The number of hydrogen-bond donors (Lipinski definition) is 1. The third-order valence-corrected chi connectivity index (χ3v) is 4.35. The smallest absolute Gasteiger partial charge is 0.133 e. The van der Waals surface area contributed by atoms with E-state index in [4.69, 9.17) is 9.47 Å². The van der Waals surface area contributed by atoms with E-state index in [2.05, 4.69) is 40.3 Å². The van der Waals surface area contributed by atoms with Gasteiger partial charge >= 0.3 is 0 Å². The molecule has 0 saturated carbocycles. The Labute approximate surface area is 123 Å². The Kier molecular flexibility index (Phi) is 5.67. The fraction of sp³-hybridized carbons (Fsp3) is 0.600. The van der Waals surface area contributed by atoms with Gasteiger partial charge in [0.1, 0.15) is 5.75 Å². The molecule has 106 valence electrons. The molecule has 1 aliphatic heterocycles. The molecule has 0 aromatic heterocycles. The lowest BCUT2D eigenvalue weighted by molar-refractivity contribution is 0.0656. The molecule has 1 atom stereocenters. The molecule has 3 nitrogen and oxygen atoms in total. The quantitative estimate of drug-likeness (QED) is 0.897. The monoisotopic (exact) mass is 327 g/mol. The highest BCUT2D eigenvalue weighted by Crippen LogP contribution is 2.28. The van der Waals surface area contributed by atoms with Gasteiger partial charge in [-0.1, -0.05) is 6.07 Å². The topological polar surface area (TPSA) is 30.5 Å². The molecule has 1 fully saturated rings. The van der Waals surface area contributed by atoms with E-state index in [9.17, 15) is 0 Å². The molecule has 1 aliphatic rings. The summed E-state index contributed by atoms with van der Waals surface area (Å²) in [6.07, 6.45) is 2.35. The van der Waals surface area contributed by atoms with Gasteiger partial charge in [-0.2, -0.15) is 0 Å². The van der Waals surface area contributed by atoms with Crippen LogP contribution in [0, 0.1) is 5.92 Å². The Morgan fingerprint density at radius 1 is 1.42 bits per heavy atom. The molecule has 0 radical (unpaired) electrons. The Morgan fingerprint density at radius 2 is 2.16 bits per heavy atom. The van der Waals surface area contributed by atoms with Gasteiger partial charge in [-0.05, 0) is 65.9 Å². The number of methoxy groups -OCH3 is 1. The maximum absolute atomic E-state index is 5.38. The number of hydrogen-bond acceptors (Lipinski definition) is 3. The van der Waals surface area contributed by atoms with Gasteiger partial charge in [-0.25, -0.2) is 0 Å². The Hall–Kier alpha value is -0.580. The highest BCUT2D eigenvalue weighted by molar-refractivity contribution is 9.10. The molecular weight excluding hydrogens is 306 g/mol. The van der Waals surface area contributed by atoms with Crippen molar-refractivity contribution in [2.24, 2.45) is 5.92 Å². The van der Waals surface area contributed by atoms with Crippen molar-refractivity contribution in [3.8, 4) is 5.75 Å². The third kappa shape index (κ3) is 4.20. The predicted molar refractivity (Wildman–Crippen MR) is 80.7 cm³/mol. The molecule has 19 heavy (non-hydrogen) atoms. The van der Waals surface area contributed by atoms with Crippen LogP contribution in [0.2, 0.25) is 0 Å². The summed E-state index contributed by atoms with van der Waals surface area (Å²) in [7, 11) is 1.69. The van der Waals surface area contributed by atoms with E-state index in [1.165, 1.54) is 18.4 Å². The predicted octanol–water partition coefficient (Wildman–Crippen LogP) is 3.53. The van der Waals surface area contributed by atoms with Gasteiger partial charge in [0.05, 0.1) is 11.6 Å². The largest absolute Gasteiger partial charge is 0.496 e. The summed E-state index contributed by atoms with van der Waals surface area (Å²) in [6, 6.07) is 6.60. The Morgan fingerprint density at radius 3 is 2.79 bits per heavy atom. The summed E-state index contributed by atoms with van der Waals surface area (Å²) >= 11 is 3.53. The van der Waals surface area contributed by atoms with Gasteiger partial charge in [0.2, 0.25) is 0 Å². The van der Waals surface area contributed by atoms with Crippen molar-refractivity contribution in [2.45, 2.75) is 25.8 Å². The van der Waals surface area contributed by atoms with Gasteiger partial charge in [0.15, 0.2) is 0 Å². The van der Waals surface area contributed by atoms with Crippen molar-refractivity contribution in [1.29, 1.82) is 0 Å². The molecule has 1 heterocycles. The summed E-state index contributed by atoms with van der Waals surface area (Å²) in [5.41, 5.74) is 1.28. The van der Waals surface area contributed by atoms with Crippen molar-refractivity contribution >= 4 is 15.9 Å². The van der Waals surface area contributed by atoms with E-state index in [0.29, 0.717) is 6.04 Å². The molecule has 1 unspecified atom stereocenters. The van der Waals surface area contributed by atoms with Crippen LogP contribution in [0.5, 0.6) is 5.75 Å². The Balaban J connectivity index is 1.88. The van der Waals surface area contributed by atoms with E-state index in [1.54, 1.807) is 7.11 Å². The molecule has 2 rings (SSSR count). The minimum absolute atomic E-state index is 0.352. The fourth-order valence-electron chi connectivity index (χ4n) is 2.36. The number of rotatable bonds is 5. The van der Waals surface area contributed by atoms with Crippen molar-refractivity contribution < 1.29 is 9.47 Å². The summed E-state index contributed by atoms with van der Waals surface area (Å²) in [5.74, 6) is 1.62. The lowest BCUT2D eigenvalue weighted by Gasteiger charge is -2.24. The molecule has 0 aliphatic carbocycles. The normalized spacial score (nSPS) is 18.3. The average molecular weight is 328 g/mol. The average Bonchev–Trinajstić information content (AvgIpc) is 2.45. The van der Waals surface area contributed by atoms with E-state index in [0.717, 1.165) is 35.9 Å². The van der Waals surface area contributed by atoms with E-state index >= 15 is 0 Å². The molecule has 0 amide bonds. The molecular formula is C15H22BrNO2. The highest BCUT2D eigenvalue weighted by atomic mass is 79.9. The van der Waals surface area contributed by atoms with Crippen LogP contribution in [-0.4, -0.2) is 26.9 Å². The standard InChI is InChI=1S/C15H22BrNO2/c1-11(17-10-12-5-7-19-8-6-12)13-3-4-15(18-2)14(16)9-13/h3-4,9,11-12,17H,5-8,10H2,1-2H3. The summed E-state index contributed by atoms with van der Waals surface area (Å²) in [6.45, 7) is 5.09. The zero-order valence-electron chi connectivity index (χ0n) is 11.6. The Bertz CT molecular complexity index is 405. The molecule has 1 aromatic rings. The molecule has 0 spiro atoms. The second-order valence-electron chi connectivity index (χ2n) is 5.08. The molecule has 0 bridgehead atoms. The zero-order chi connectivity index (χ0) is 13.7. The lowest BCUT2D eigenvalue weighted by Crippen LogP contribution is -2.29. The zero-order valence-corrected chi connectivity index (χ0v) is 13.2. The fourth-order valence-corrected chi connectivity index (χ4v) is 2.92. The van der Waals surface area contributed by atoms with E-state index < -0.39 is 0 Å². The third-order valence-electron chi connectivity index (χ3n) is 3.73. The van der Waals surface area contributed by atoms with Gasteiger partial charge in [0.25, 0.3) is 0 Å². The molecule has 1 N–H and O–H groups in total. The van der Waals surface area contributed by atoms with Crippen molar-refractivity contribution in [3.05, 3.63) is 28.2 Å². The van der Waals surface area contributed by atoms with Crippen LogP contribution in [0.4, 0.5) is 0 Å². The van der Waals surface area contributed by atoms with Crippen molar-refractivity contribution in [3.63, 3.8) is 0 Å². The summed E-state index contributed by atoms with van der Waals surface area (Å²) < 4.78 is 11.6. The molecule has 1 aromatic carbocycles. The van der Waals surface area contributed by atoms with Crippen LogP contribution in [0.15, 0.2) is 22.7 Å². The van der Waals surface area contributed by atoms with Crippen LogP contribution >= 0.6 is 15.9 Å². The van der Waals surface area contributed by atoms with Crippen LogP contribution < -0.4 is 10.1 Å². The number of benzene rings is 1. The lowest BCUT2D eigenvalue weighted by atomic mass is 9.99. The second kappa shape index (κ2) is 7.27. The van der Waals surface area contributed by atoms with Gasteiger partial charge in [-0.15, -0.1) is 0 Å². The number of nitrogens with one attached hydrogen (secondary N) is 1. The second-order valence-corrected chi connectivity index (χ2v) is 5.93. The minimum atomic E-state index is 0.352. The molecule has 4 heteroatoms.